The van der Waals surface area contributed by atoms with Crippen molar-refractivity contribution in [3.8, 4) is 0 Å². The van der Waals surface area contributed by atoms with E-state index in [4.69, 9.17) is 0 Å². The van der Waals surface area contributed by atoms with Crippen molar-refractivity contribution in [2.75, 3.05) is 7.05 Å². The predicted octanol–water partition coefficient (Wildman–Crippen LogP) is 2.86. The number of hydrogen-bond donors (Lipinski definition) is 1. The van der Waals surface area contributed by atoms with E-state index < -0.39 is 0 Å². The molecule has 0 saturated carbocycles. The van der Waals surface area contributed by atoms with Gasteiger partial charge in [0.05, 0.1) is 0 Å². The Morgan fingerprint density at radius 1 is 1.47 bits per heavy atom. The number of rotatable bonds is 4. The van der Waals surface area contributed by atoms with Crippen LogP contribution in [0.25, 0.3) is 0 Å². The average molecular weight is 269 g/mol. The maximum absolute atomic E-state index is 13.2. The average Bonchev–Trinajstić information content (AvgIpc) is 2.69. The zero-order valence-electron chi connectivity index (χ0n) is 9.53. The Morgan fingerprint density at radius 3 is 2.94 bits per heavy atom. The molecule has 0 aliphatic heterocycles. The topological polar surface area (TPSA) is 37.8 Å². The molecule has 0 saturated heterocycles. The first-order valence-electron chi connectivity index (χ1n) is 5.10. The normalized spacial score (nSPS) is 10.8. The lowest BCUT2D eigenvalue weighted by Crippen LogP contribution is -2.06. The van der Waals surface area contributed by atoms with Crippen molar-refractivity contribution in [1.29, 1.82) is 0 Å². The summed E-state index contributed by atoms with van der Waals surface area (Å²) in [6.45, 7) is 2.50. The molecule has 0 bridgehead atoms. The second-order valence-corrected chi connectivity index (χ2v) is 5.53. The smallest absolute Gasteiger partial charge is 0.174 e. The molecule has 0 radical (unpaired) electrons. The summed E-state index contributed by atoms with van der Waals surface area (Å²) in [7, 11) is 1.84. The number of halogens is 1. The van der Waals surface area contributed by atoms with Gasteiger partial charge in [-0.1, -0.05) is 11.8 Å². The van der Waals surface area contributed by atoms with Crippen LogP contribution in [0.3, 0.4) is 0 Å². The highest BCUT2D eigenvalue weighted by molar-refractivity contribution is 8.01. The van der Waals surface area contributed by atoms with Crippen LogP contribution in [0.15, 0.2) is 27.4 Å². The van der Waals surface area contributed by atoms with Crippen molar-refractivity contribution >= 4 is 23.3 Å². The van der Waals surface area contributed by atoms with Crippen LogP contribution in [0.1, 0.15) is 11.4 Å². The van der Waals surface area contributed by atoms with Crippen LogP contribution in [0, 0.1) is 12.7 Å². The minimum atomic E-state index is -0.215. The van der Waals surface area contributed by atoms with Crippen molar-refractivity contribution in [3.63, 3.8) is 0 Å². The molecule has 6 heteroatoms. The Balaban J connectivity index is 2.25. The van der Waals surface area contributed by atoms with Gasteiger partial charge in [0.25, 0.3) is 0 Å². The fraction of sp³-hybridized carbons (Fsp3) is 0.273. The van der Waals surface area contributed by atoms with Gasteiger partial charge in [-0.3, -0.25) is 0 Å². The first kappa shape index (κ1) is 12.5. The lowest BCUT2D eigenvalue weighted by molar-refractivity contribution is 0.621. The minimum absolute atomic E-state index is 0.215. The number of aryl methyl sites for hydroxylation is 1. The Labute approximate surface area is 108 Å². The summed E-state index contributed by atoms with van der Waals surface area (Å²) in [5.74, 6) is 0.558. The molecule has 0 fully saturated rings. The molecule has 2 rings (SSSR count). The number of nitrogens with zero attached hydrogens (tertiary/aromatic N) is 2. The summed E-state index contributed by atoms with van der Waals surface area (Å²) in [6.07, 6.45) is 0. The van der Waals surface area contributed by atoms with Gasteiger partial charge in [-0.05, 0) is 49.3 Å². The van der Waals surface area contributed by atoms with Crippen LogP contribution in [-0.4, -0.2) is 16.4 Å². The summed E-state index contributed by atoms with van der Waals surface area (Å²) in [5.41, 5.74) is 0.936. The molecule has 1 aromatic carbocycles. The molecular formula is C11H12FN3S2. The molecule has 1 aromatic heterocycles. The first-order valence-corrected chi connectivity index (χ1v) is 6.69. The van der Waals surface area contributed by atoms with Crippen molar-refractivity contribution in [3.05, 3.63) is 35.4 Å². The Hall–Kier alpha value is -0.980. The van der Waals surface area contributed by atoms with Crippen LogP contribution in [0.2, 0.25) is 0 Å². The van der Waals surface area contributed by atoms with Gasteiger partial charge in [0, 0.05) is 11.4 Å². The van der Waals surface area contributed by atoms with Gasteiger partial charge in [-0.15, -0.1) is 0 Å². The van der Waals surface area contributed by atoms with Gasteiger partial charge in [0.1, 0.15) is 11.6 Å². The van der Waals surface area contributed by atoms with Crippen molar-refractivity contribution in [2.24, 2.45) is 0 Å². The van der Waals surface area contributed by atoms with Crippen molar-refractivity contribution in [2.45, 2.75) is 22.7 Å². The van der Waals surface area contributed by atoms with Gasteiger partial charge in [-0.25, -0.2) is 9.37 Å². The van der Waals surface area contributed by atoms with E-state index in [2.05, 4.69) is 14.7 Å². The summed E-state index contributed by atoms with van der Waals surface area (Å²) < 4.78 is 18.2. The highest BCUT2D eigenvalue weighted by Crippen LogP contribution is 2.31. The third-order valence-corrected chi connectivity index (χ3v) is 4.06. The highest BCUT2D eigenvalue weighted by atomic mass is 32.2. The van der Waals surface area contributed by atoms with Gasteiger partial charge in [0.2, 0.25) is 0 Å². The summed E-state index contributed by atoms with van der Waals surface area (Å²) in [6, 6.07) is 4.80. The van der Waals surface area contributed by atoms with Gasteiger partial charge < -0.3 is 5.32 Å². The second-order valence-electron chi connectivity index (χ2n) is 3.49. The molecule has 17 heavy (non-hydrogen) atoms. The predicted molar refractivity (Wildman–Crippen MR) is 67.9 cm³/mol. The largest absolute Gasteiger partial charge is 0.316 e. The molecule has 0 unspecified atom stereocenters. The minimum Gasteiger partial charge on any atom is -0.316 e. The zero-order chi connectivity index (χ0) is 12.3. The van der Waals surface area contributed by atoms with Crippen molar-refractivity contribution in [1.82, 2.24) is 14.7 Å². The third-order valence-electron chi connectivity index (χ3n) is 2.10. The van der Waals surface area contributed by atoms with Crippen LogP contribution in [0.5, 0.6) is 0 Å². The lowest BCUT2D eigenvalue weighted by atomic mass is 10.2. The molecule has 1 N–H and O–H groups in total. The SMILES string of the molecule is CNCc1cc(F)ccc1Sc1nc(C)ns1. The maximum atomic E-state index is 13.2. The lowest BCUT2D eigenvalue weighted by Gasteiger charge is -2.06. The molecule has 0 spiro atoms. The van der Waals surface area contributed by atoms with Crippen molar-refractivity contribution < 1.29 is 4.39 Å². The number of aromatic nitrogens is 2. The first-order chi connectivity index (χ1) is 8.19. The second kappa shape index (κ2) is 5.57. The standard InChI is InChI=1S/C11H12FN3S2/c1-7-14-11(17-15-7)16-10-4-3-9(12)5-8(10)6-13-2/h3-5,13H,6H2,1-2H3. The van der Waals surface area contributed by atoms with Gasteiger partial charge in [0.15, 0.2) is 4.34 Å². The van der Waals surface area contributed by atoms with E-state index >= 15 is 0 Å². The zero-order valence-corrected chi connectivity index (χ0v) is 11.2. The fourth-order valence-electron chi connectivity index (χ4n) is 1.39. The molecule has 1 heterocycles. The maximum Gasteiger partial charge on any atom is 0.174 e. The monoisotopic (exact) mass is 269 g/mol. The highest BCUT2D eigenvalue weighted by Gasteiger charge is 2.08. The van der Waals surface area contributed by atoms with E-state index in [1.165, 1.54) is 29.4 Å². The number of hydrogen-bond acceptors (Lipinski definition) is 5. The van der Waals surface area contributed by atoms with Gasteiger partial charge in [-0.2, -0.15) is 4.37 Å². The molecule has 0 atom stereocenters. The summed E-state index contributed by atoms with van der Waals surface area (Å²) in [5, 5.41) is 3.03. The van der Waals surface area contributed by atoms with E-state index in [9.17, 15) is 4.39 Å². The number of benzene rings is 1. The molecule has 0 amide bonds. The molecule has 0 aliphatic carbocycles. The van der Waals surface area contributed by atoms with Crippen LogP contribution in [-0.2, 0) is 6.54 Å². The van der Waals surface area contributed by atoms with Crippen LogP contribution < -0.4 is 5.32 Å². The Kier molecular flexibility index (Phi) is 4.09. The molecule has 0 aliphatic rings. The van der Waals surface area contributed by atoms with Gasteiger partial charge >= 0.3 is 0 Å². The Morgan fingerprint density at radius 2 is 2.29 bits per heavy atom. The summed E-state index contributed by atoms with van der Waals surface area (Å²) in [4.78, 5) is 5.30. The molecule has 2 aromatic rings. The fourth-order valence-corrected chi connectivity index (χ4v) is 3.11. The van der Waals surface area contributed by atoms with E-state index in [-0.39, 0.29) is 5.82 Å². The molecule has 90 valence electrons. The van der Waals surface area contributed by atoms with E-state index in [1.807, 2.05) is 14.0 Å². The van der Waals surface area contributed by atoms with E-state index in [1.54, 1.807) is 12.1 Å². The van der Waals surface area contributed by atoms with E-state index in [0.29, 0.717) is 6.54 Å². The van der Waals surface area contributed by atoms with Crippen LogP contribution in [0.4, 0.5) is 4.39 Å². The summed E-state index contributed by atoms with van der Waals surface area (Å²) >= 11 is 2.89. The third kappa shape index (κ3) is 3.24. The van der Waals surface area contributed by atoms with Crippen LogP contribution >= 0.6 is 23.3 Å². The molecule has 3 nitrogen and oxygen atoms in total. The Bertz CT molecular complexity index is 513. The number of nitrogens with one attached hydrogen (secondary N) is 1. The van der Waals surface area contributed by atoms with E-state index in [0.717, 1.165) is 20.6 Å². The molecular weight excluding hydrogens is 257 g/mol. The quantitative estimate of drug-likeness (QED) is 0.926.